The first-order chi connectivity index (χ1) is 36.2. The van der Waals surface area contributed by atoms with Crippen molar-refractivity contribution in [2.75, 3.05) is 9.80 Å². The van der Waals surface area contributed by atoms with E-state index >= 15 is 0 Å². The largest absolute Gasteiger partial charge is 0.330 e. The maximum absolute atomic E-state index is 9.99. The summed E-state index contributed by atoms with van der Waals surface area (Å²) in [7, 11) is 0. The third kappa shape index (κ3) is 8.33. The fourth-order valence-corrected chi connectivity index (χ4v) is 11.3. The minimum atomic E-state index is -0.200. The molecule has 0 aromatic heterocycles. The molecule has 4 nitrogen and oxygen atoms in total. The summed E-state index contributed by atoms with van der Waals surface area (Å²) in [4.78, 5) is 8.67. The number of nitrogens with zero attached hydrogens (tertiary/aromatic N) is 4. The van der Waals surface area contributed by atoms with Crippen molar-refractivity contribution in [2.24, 2.45) is 5.92 Å². The normalized spacial score (nSPS) is 16.0. The number of rotatable bonds is 10. The van der Waals surface area contributed by atoms with Crippen LogP contribution in [0.2, 0.25) is 0 Å². The SMILES string of the molecule is [C-]#[N+]c1ccc(N(C2=C3C=CC4=C5C(=CC=C(C=C2)C35)C(N(c2ccc(C#N)cc2)c2ccc(-c3cccc(C)c3)cc2-c2cccc(C)c2)C=C4)c2ccc(-c3cccc(C)c3)cc2-c2cccc(C)c2)cc1. The molecule has 0 aliphatic heterocycles. The Labute approximate surface area is 435 Å². The zero-order valence-electron chi connectivity index (χ0n) is 41.9. The minimum absolute atomic E-state index is 0.0517. The lowest BCUT2D eigenvalue weighted by molar-refractivity contribution is 0.773. The molecule has 12 rings (SSSR count). The van der Waals surface area contributed by atoms with Crippen LogP contribution in [0.25, 0.3) is 49.4 Å². The number of hydrogen-bond donors (Lipinski definition) is 0. The monoisotopic (exact) mass is 948 g/mol. The Balaban J connectivity index is 1.03. The summed E-state index contributed by atoms with van der Waals surface area (Å²) in [6.07, 6.45) is 18.5. The third-order valence-electron chi connectivity index (χ3n) is 14.8. The van der Waals surface area contributed by atoms with Gasteiger partial charge in [0.2, 0.25) is 0 Å². The van der Waals surface area contributed by atoms with E-state index in [1.165, 1.54) is 61.2 Å². The number of aryl methyl sites for hydroxylation is 4. The summed E-state index contributed by atoms with van der Waals surface area (Å²) in [5.74, 6) is -0.0517. The molecular formula is C70H52N4. The highest BCUT2D eigenvalue weighted by Crippen LogP contribution is 2.53. The molecule has 0 fully saturated rings. The number of anilines is 4. The zero-order valence-corrected chi connectivity index (χ0v) is 41.9. The van der Waals surface area contributed by atoms with Gasteiger partial charge in [-0.3, -0.25) is 0 Å². The third-order valence-corrected chi connectivity index (χ3v) is 14.8. The van der Waals surface area contributed by atoms with Gasteiger partial charge in [-0.2, -0.15) is 5.26 Å². The van der Waals surface area contributed by atoms with Crippen LogP contribution in [0.5, 0.6) is 0 Å². The van der Waals surface area contributed by atoms with E-state index in [-0.39, 0.29) is 12.0 Å². The summed E-state index contributed by atoms with van der Waals surface area (Å²) in [6, 6.07) is 67.0. The molecule has 0 N–H and O–H groups in total. The van der Waals surface area contributed by atoms with Gasteiger partial charge in [-0.15, -0.1) is 0 Å². The molecule has 2 atom stereocenters. The molecule has 2 unspecified atom stereocenters. The van der Waals surface area contributed by atoms with Gasteiger partial charge in [0.05, 0.1) is 35.6 Å². The van der Waals surface area contributed by atoms with Crippen molar-refractivity contribution in [3.8, 4) is 50.6 Å². The van der Waals surface area contributed by atoms with Gasteiger partial charge < -0.3 is 9.80 Å². The molecule has 0 amide bonds. The average molecular weight is 949 g/mol. The van der Waals surface area contributed by atoms with Gasteiger partial charge in [-0.25, -0.2) is 4.85 Å². The highest BCUT2D eigenvalue weighted by molar-refractivity contribution is 5.92. The Morgan fingerprint density at radius 2 is 1.04 bits per heavy atom. The van der Waals surface area contributed by atoms with Crippen LogP contribution >= 0.6 is 0 Å². The van der Waals surface area contributed by atoms with E-state index < -0.39 is 0 Å². The quantitative estimate of drug-likeness (QED) is 0.128. The topological polar surface area (TPSA) is 34.6 Å². The second kappa shape index (κ2) is 18.9. The summed E-state index contributed by atoms with van der Waals surface area (Å²) in [6.45, 7) is 16.5. The second-order valence-electron chi connectivity index (χ2n) is 19.8. The van der Waals surface area contributed by atoms with Gasteiger partial charge in [0.15, 0.2) is 5.69 Å². The Kier molecular flexibility index (Phi) is 11.7. The van der Waals surface area contributed by atoms with E-state index in [2.05, 4.69) is 255 Å². The van der Waals surface area contributed by atoms with Crippen molar-refractivity contribution in [1.29, 1.82) is 5.26 Å². The first-order valence-electron chi connectivity index (χ1n) is 25.3. The van der Waals surface area contributed by atoms with Crippen LogP contribution in [0.15, 0.2) is 264 Å². The lowest BCUT2D eigenvalue weighted by Gasteiger charge is -2.44. The number of hydrogen-bond acceptors (Lipinski definition) is 3. The summed E-state index contributed by atoms with van der Waals surface area (Å²) >= 11 is 0. The van der Waals surface area contributed by atoms with Crippen molar-refractivity contribution < 1.29 is 0 Å². The Bertz CT molecular complexity index is 3910. The van der Waals surface area contributed by atoms with Crippen LogP contribution in [0, 0.1) is 51.5 Å². The van der Waals surface area contributed by atoms with Crippen molar-refractivity contribution >= 4 is 28.4 Å². The highest BCUT2D eigenvalue weighted by Gasteiger charge is 2.40. The van der Waals surface area contributed by atoms with Crippen molar-refractivity contribution in [3.63, 3.8) is 0 Å². The highest BCUT2D eigenvalue weighted by atomic mass is 15.2. The molecule has 0 spiro atoms. The molecule has 74 heavy (non-hydrogen) atoms. The van der Waals surface area contributed by atoms with Gasteiger partial charge in [-0.05, 0) is 156 Å². The van der Waals surface area contributed by atoms with Gasteiger partial charge in [-0.1, -0.05) is 186 Å². The van der Waals surface area contributed by atoms with E-state index in [0.29, 0.717) is 11.3 Å². The maximum atomic E-state index is 9.99. The first kappa shape index (κ1) is 45.6. The standard InChI is InChI=1S/C70H52N4/c1-45-10-6-14-52(38-45)54-24-36-67(63(42-54)56-16-8-12-47(3)40-56)73(59-28-18-49(44-71)19-29-59)65-34-22-50-21-33-62-66(35-23-51-20-32-61(65)69(50)70(51)62)74(60-30-26-58(72-5)27-31-60)68-37-25-55(53-15-7-11-46(2)39-53)43-64(68)57-17-9-13-48(4)41-57/h6-43,65,70H,1-4H3. The molecule has 0 saturated heterocycles. The molecule has 4 aliphatic rings. The number of allylic oxidation sites excluding steroid dienone is 10. The molecule has 4 aliphatic carbocycles. The average Bonchev–Trinajstić information content (AvgIpc) is 3.44. The lowest BCUT2D eigenvalue weighted by atomic mass is 9.67. The van der Waals surface area contributed by atoms with Gasteiger partial charge in [0.25, 0.3) is 0 Å². The van der Waals surface area contributed by atoms with Crippen LogP contribution in [0.3, 0.4) is 0 Å². The smallest absolute Gasteiger partial charge is 0.187 e. The van der Waals surface area contributed by atoms with Gasteiger partial charge in [0.1, 0.15) is 0 Å². The second-order valence-corrected chi connectivity index (χ2v) is 19.8. The Morgan fingerprint density at radius 3 is 1.62 bits per heavy atom. The van der Waals surface area contributed by atoms with Crippen molar-refractivity contribution in [2.45, 2.75) is 33.7 Å². The van der Waals surface area contributed by atoms with Gasteiger partial charge in [0, 0.05) is 34.1 Å². The van der Waals surface area contributed by atoms with Crippen LogP contribution in [-0.4, -0.2) is 6.04 Å². The molecule has 4 heteroatoms. The van der Waals surface area contributed by atoms with Crippen LogP contribution in [-0.2, 0) is 0 Å². The predicted molar refractivity (Wildman–Crippen MR) is 307 cm³/mol. The summed E-state index contributed by atoms with van der Waals surface area (Å²) < 4.78 is 0. The van der Waals surface area contributed by atoms with E-state index in [4.69, 9.17) is 6.57 Å². The Morgan fingerprint density at radius 1 is 0.500 bits per heavy atom. The Hall–Kier alpha value is -9.48. The minimum Gasteiger partial charge on any atom is -0.330 e. The van der Waals surface area contributed by atoms with Gasteiger partial charge >= 0.3 is 0 Å². The molecular weight excluding hydrogens is 897 g/mol. The lowest BCUT2D eigenvalue weighted by Crippen LogP contribution is -2.37. The fraction of sp³-hybridized carbons (Fsp3) is 0.0857. The maximum Gasteiger partial charge on any atom is 0.187 e. The van der Waals surface area contributed by atoms with E-state index in [9.17, 15) is 5.26 Å². The first-order valence-corrected chi connectivity index (χ1v) is 25.3. The fourth-order valence-electron chi connectivity index (χ4n) is 11.3. The predicted octanol–water partition coefficient (Wildman–Crippen LogP) is 18.1. The van der Waals surface area contributed by atoms with E-state index in [1.54, 1.807) is 0 Å². The molecule has 0 radical (unpaired) electrons. The van der Waals surface area contributed by atoms with Crippen LogP contribution < -0.4 is 9.80 Å². The summed E-state index contributed by atoms with van der Waals surface area (Å²) in [5.41, 5.74) is 26.5. The number of benzene rings is 8. The van der Waals surface area contributed by atoms with Crippen molar-refractivity contribution in [3.05, 3.63) is 303 Å². The van der Waals surface area contributed by atoms with Crippen molar-refractivity contribution in [1.82, 2.24) is 0 Å². The molecule has 0 saturated carbocycles. The van der Waals surface area contributed by atoms with E-state index in [0.717, 1.165) is 61.8 Å². The number of nitriles is 1. The molecule has 352 valence electrons. The van der Waals surface area contributed by atoms with E-state index in [1.807, 2.05) is 24.3 Å². The van der Waals surface area contributed by atoms with Crippen LogP contribution in [0.1, 0.15) is 27.8 Å². The zero-order chi connectivity index (χ0) is 50.5. The molecule has 0 bridgehead atoms. The van der Waals surface area contributed by atoms with Crippen LogP contribution in [0.4, 0.5) is 28.4 Å². The molecule has 8 aromatic rings. The molecule has 0 heterocycles. The molecule has 8 aromatic carbocycles. The summed E-state index contributed by atoms with van der Waals surface area (Å²) in [5, 5.41) is 9.99.